The number of amides is 1. The van der Waals surface area contributed by atoms with Crippen LogP contribution in [0.4, 0.5) is 0 Å². The standard InChI is InChI=1S/C16H26N4O3/c1-12-8-14(21)20(17-13(12)2)9-15(22)19-7-5-6-16(23,11-19)10-18(3)4/h8,23H,5-7,9-11H2,1-4H3/t16-/m1/s1. The van der Waals surface area contributed by atoms with Crippen molar-refractivity contribution in [2.45, 2.75) is 38.8 Å². The second-order valence-corrected chi connectivity index (χ2v) is 6.79. The maximum Gasteiger partial charge on any atom is 0.267 e. The number of nitrogens with zero attached hydrogens (tertiary/aromatic N) is 4. The van der Waals surface area contributed by atoms with Crippen molar-refractivity contribution in [3.8, 4) is 0 Å². The Hall–Kier alpha value is -1.73. The van der Waals surface area contributed by atoms with E-state index >= 15 is 0 Å². The Balaban J connectivity index is 2.09. The normalized spacial score (nSPS) is 21.7. The molecule has 1 aliphatic heterocycles. The Labute approximate surface area is 136 Å². The van der Waals surface area contributed by atoms with Gasteiger partial charge in [0.05, 0.1) is 17.8 Å². The van der Waals surface area contributed by atoms with Gasteiger partial charge in [0.25, 0.3) is 5.56 Å². The van der Waals surface area contributed by atoms with Gasteiger partial charge in [-0.05, 0) is 46.3 Å². The SMILES string of the molecule is Cc1cc(=O)n(CC(=O)N2CCC[C@@](O)(CN(C)C)C2)nc1C. The molecule has 0 saturated carbocycles. The molecule has 1 fully saturated rings. The fraction of sp³-hybridized carbons (Fsp3) is 0.688. The number of carbonyl (C=O) groups is 1. The lowest BCUT2D eigenvalue weighted by molar-refractivity contribution is -0.140. The number of aryl methyl sites for hydroxylation is 2. The molecule has 1 saturated heterocycles. The molecule has 128 valence electrons. The molecule has 1 aliphatic rings. The molecule has 2 heterocycles. The van der Waals surface area contributed by atoms with E-state index in [4.69, 9.17) is 0 Å². The Morgan fingerprint density at radius 1 is 1.43 bits per heavy atom. The van der Waals surface area contributed by atoms with Gasteiger partial charge in [0.1, 0.15) is 6.54 Å². The highest BCUT2D eigenvalue weighted by atomic mass is 16.3. The van der Waals surface area contributed by atoms with Crippen LogP contribution in [0.5, 0.6) is 0 Å². The highest BCUT2D eigenvalue weighted by Crippen LogP contribution is 2.22. The lowest BCUT2D eigenvalue weighted by Gasteiger charge is -2.40. The van der Waals surface area contributed by atoms with Crippen LogP contribution in [0.3, 0.4) is 0 Å². The predicted molar refractivity (Wildman–Crippen MR) is 87.3 cm³/mol. The van der Waals surface area contributed by atoms with Crippen molar-refractivity contribution in [1.29, 1.82) is 0 Å². The molecule has 2 rings (SSSR count). The van der Waals surface area contributed by atoms with E-state index in [2.05, 4.69) is 5.10 Å². The molecule has 23 heavy (non-hydrogen) atoms. The molecule has 0 radical (unpaired) electrons. The molecule has 0 unspecified atom stereocenters. The fourth-order valence-electron chi connectivity index (χ4n) is 3.06. The highest BCUT2D eigenvalue weighted by Gasteiger charge is 2.35. The van der Waals surface area contributed by atoms with Gasteiger partial charge >= 0.3 is 0 Å². The summed E-state index contributed by atoms with van der Waals surface area (Å²) in [6, 6.07) is 1.49. The third-order valence-electron chi connectivity index (χ3n) is 4.24. The average molecular weight is 322 g/mol. The van der Waals surface area contributed by atoms with Crippen molar-refractivity contribution in [1.82, 2.24) is 19.6 Å². The third-order valence-corrected chi connectivity index (χ3v) is 4.24. The minimum Gasteiger partial charge on any atom is -0.387 e. The van der Waals surface area contributed by atoms with Crippen LogP contribution in [0.1, 0.15) is 24.1 Å². The van der Waals surface area contributed by atoms with Gasteiger partial charge in [-0.2, -0.15) is 5.10 Å². The molecule has 1 atom stereocenters. The van der Waals surface area contributed by atoms with E-state index in [1.807, 2.05) is 32.8 Å². The Kier molecular flexibility index (Phi) is 5.21. The van der Waals surface area contributed by atoms with Gasteiger partial charge in [-0.25, -0.2) is 4.68 Å². The first-order valence-electron chi connectivity index (χ1n) is 7.90. The summed E-state index contributed by atoms with van der Waals surface area (Å²) in [6.07, 6.45) is 1.43. The van der Waals surface area contributed by atoms with E-state index in [-0.39, 0.29) is 18.0 Å². The number of carbonyl (C=O) groups excluding carboxylic acids is 1. The van der Waals surface area contributed by atoms with Gasteiger partial charge < -0.3 is 14.9 Å². The number of aliphatic hydroxyl groups is 1. The molecular weight excluding hydrogens is 296 g/mol. The molecule has 1 N–H and O–H groups in total. The van der Waals surface area contributed by atoms with Crippen molar-refractivity contribution in [2.24, 2.45) is 0 Å². The summed E-state index contributed by atoms with van der Waals surface area (Å²) in [5.74, 6) is -0.181. The minimum atomic E-state index is -0.890. The lowest BCUT2D eigenvalue weighted by Crippen LogP contribution is -2.55. The molecule has 1 amide bonds. The number of β-amino-alcohol motifs (C(OH)–C–C–N with tert-alkyl or cyclic N) is 1. The first kappa shape index (κ1) is 17.6. The van der Waals surface area contributed by atoms with Gasteiger partial charge in [0, 0.05) is 19.2 Å². The summed E-state index contributed by atoms with van der Waals surface area (Å²) in [7, 11) is 3.80. The quantitative estimate of drug-likeness (QED) is 0.829. The molecule has 0 aliphatic carbocycles. The zero-order chi connectivity index (χ0) is 17.2. The van der Waals surface area contributed by atoms with Crippen molar-refractivity contribution in [2.75, 3.05) is 33.7 Å². The van der Waals surface area contributed by atoms with Crippen LogP contribution in [0.15, 0.2) is 10.9 Å². The summed E-state index contributed by atoms with van der Waals surface area (Å²) in [5, 5.41) is 14.8. The van der Waals surface area contributed by atoms with Crippen molar-refractivity contribution in [3.05, 3.63) is 27.7 Å². The Morgan fingerprint density at radius 2 is 2.13 bits per heavy atom. The molecule has 1 aromatic heterocycles. The molecule has 1 aromatic rings. The van der Waals surface area contributed by atoms with Crippen molar-refractivity contribution in [3.63, 3.8) is 0 Å². The summed E-state index contributed by atoms with van der Waals surface area (Å²) < 4.78 is 1.20. The largest absolute Gasteiger partial charge is 0.387 e. The first-order chi connectivity index (χ1) is 10.7. The summed E-state index contributed by atoms with van der Waals surface area (Å²) in [4.78, 5) is 28.0. The molecule has 7 nitrogen and oxygen atoms in total. The second kappa shape index (κ2) is 6.80. The van der Waals surface area contributed by atoms with Gasteiger partial charge in [-0.1, -0.05) is 0 Å². The van der Waals surface area contributed by atoms with Crippen LogP contribution >= 0.6 is 0 Å². The van der Waals surface area contributed by atoms with E-state index in [1.54, 1.807) is 4.90 Å². The van der Waals surface area contributed by atoms with Crippen molar-refractivity contribution < 1.29 is 9.90 Å². The molecule has 0 aromatic carbocycles. The van der Waals surface area contributed by atoms with E-state index in [1.165, 1.54) is 10.7 Å². The molecule has 0 bridgehead atoms. The first-order valence-corrected chi connectivity index (χ1v) is 7.90. The van der Waals surface area contributed by atoms with Crippen LogP contribution in [0.25, 0.3) is 0 Å². The van der Waals surface area contributed by atoms with Crippen LogP contribution < -0.4 is 5.56 Å². The molecule has 7 heteroatoms. The van der Waals surface area contributed by atoms with E-state index in [0.29, 0.717) is 26.1 Å². The van der Waals surface area contributed by atoms with Gasteiger partial charge in [0.2, 0.25) is 5.91 Å². The van der Waals surface area contributed by atoms with Gasteiger partial charge in [0.15, 0.2) is 0 Å². The smallest absolute Gasteiger partial charge is 0.267 e. The number of aromatic nitrogens is 2. The lowest BCUT2D eigenvalue weighted by atomic mass is 9.92. The minimum absolute atomic E-state index is 0.0853. The fourth-order valence-corrected chi connectivity index (χ4v) is 3.06. The Bertz CT molecular complexity index is 641. The summed E-state index contributed by atoms with van der Waals surface area (Å²) >= 11 is 0. The number of rotatable bonds is 4. The number of piperidine rings is 1. The van der Waals surface area contributed by atoms with Crippen LogP contribution in [0, 0.1) is 13.8 Å². The number of hydrogen-bond acceptors (Lipinski definition) is 5. The maximum absolute atomic E-state index is 12.5. The number of likely N-dealkylation sites (N-methyl/N-ethyl adjacent to an activating group) is 1. The zero-order valence-corrected chi connectivity index (χ0v) is 14.4. The van der Waals surface area contributed by atoms with Gasteiger partial charge in [-0.15, -0.1) is 0 Å². The molecule has 0 spiro atoms. The number of likely N-dealkylation sites (tertiary alicyclic amines) is 1. The highest BCUT2D eigenvalue weighted by molar-refractivity contribution is 5.76. The third kappa shape index (κ3) is 4.39. The van der Waals surface area contributed by atoms with Crippen molar-refractivity contribution >= 4 is 5.91 Å². The monoisotopic (exact) mass is 322 g/mol. The predicted octanol–water partition coefficient (Wildman–Crippen LogP) is -0.225. The summed E-state index contributed by atoms with van der Waals surface area (Å²) in [5.41, 5.74) is 0.387. The van der Waals surface area contributed by atoms with E-state index in [9.17, 15) is 14.7 Å². The zero-order valence-electron chi connectivity index (χ0n) is 14.4. The number of hydrogen-bond donors (Lipinski definition) is 1. The Morgan fingerprint density at radius 3 is 2.78 bits per heavy atom. The average Bonchev–Trinajstić information content (AvgIpc) is 2.43. The summed E-state index contributed by atoms with van der Waals surface area (Å²) in [6.45, 7) is 4.96. The second-order valence-electron chi connectivity index (χ2n) is 6.79. The van der Waals surface area contributed by atoms with E-state index in [0.717, 1.165) is 17.7 Å². The topological polar surface area (TPSA) is 78.7 Å². The van der Waals surface area contributed by atoms with Gasteiger partial charge in [-0.3, -0.25) is 9.59 Å². The van der Waals surface area contributed by atoms with E-state index < -0.39 is 5.60 Å². The van der Waals surface area contributed by atoms with Crippen LogP contribution in [-0.4, -0.2) is 69.9 Å². The molecular formula is C16H26N4O3. The van der Waals surface area contributed by atoms with Crippen LogP contribution in [0.2, 0.25) is 0 Å². The van der Waals surface area contributed by atoms with Crippen LogP contribution in [-0.2, 0) is 11.3 Å². The maximum atomic E-state index is 12.5.